The van der Waals surface area contributed by atoms with E-state index in [9.17, 15) is 4.79 Å². The van der Waals surface area contributed by atoms with E-state index < -0.39 is 0 Å². The van der Waals surface area contributed by atoms with Crippen molar-refractivity contribution in [2.24, 2.45) is 0 Å². The number of benzene rings is 1. The maximum atomic E-state index is 10.9. The van der Waals surface area contributed by atoms with E-state index in [2.05, 4.69) is 4.98 Å². The maximum Gasteiger partial charge on any atom is 0.170 e. The van der Waals surface area contributed by atoms with Crippen LogP contribution >= 0.6 is 0 Å². The van der Waals surface area contributed by atoms with Gasteiger partial charge in [-0.3, -0.25) is 4.79 Å². The average Bonchev–Trinajstić information content (AvgIpc) is 2.91. The molecular weight excluding hydrogens is 206 g/mol. The van der Waals surface area contributed by atoms with Gasteiger partial charge in [0.2, 0.25) is 0 Å². The highest BCUT2D eigenvalue weighted by Crippen LogP contribution is 2.38. The van der Waals surface area contributed by atoms with Crippen LogP contribution in [0.25, 0.3) is 10.9 Å². The largest absolute Gasteiger partial charge is 0.494 e. The lowest BCUT2D eigenvalue weighted by Gasteiger charge is -2.01. The molecule has 4 nitrogen and oxygen atoms in total. The van der Waals surface area contributed by atoms with E-state index >= 15 is 0 Å². The number of methoxy groups -OCH3 is 1. The number of nitrogens with one attached hydrogen (secondary N) is 1. The molecule has 0 saturated heterocycles. The zero-order chi connectivity index (χ0) is 11.1. The molecule has 0 bridgehead atoms. The van der Waals surface area contributed by atoms with Gasteiger partial charge in [0.25, 0.3) is 0 Å². The van der Waals surface area contributed by atoms with Crippen molar-refractivity contribution in [2.75, 3.05) is 13.7 Å². The maximum absolute atomic E-state index is 10.9. The lowest BCUT2D eigenvalue weighted by Crippen LogP contribution is -1.87. The quantitative estimate of drug-likeness (QED) is 0.782. The molecule has 16 heavy (non-hydrogen) atoms. The molecule has 2 aromatic rings. The van der Waals surface area contributed by atoms with Gasteiger partial charge in [-0.05, 0) is 11.6 Å². The van der Waals surface area contributed by atoms with Crippen LogP contribution in [0.1, 0.15) is 16.1 Å². The normalized spacial score (nSPS) is 13.6. The monoisotopic (exact) mass is 217 g/mol. The van der Waals surface area contributed by atoms with Crippen molar-refractivity contribution < 1.29 is 14.3 Å². The molecule has 0 amide bonds. The van der Waals surface area contributed by atoms with Crippen molar-refractivity contribution in [3.63, 3.8) is 0 Å². The fourth-order valence-corrected chi connectivity index (χ4v) is 2.20. The molecule has 1 aliphatic heterocycles. The molecule has 0 unspecified atom stereocenters. The number of hydrogen-bond donors (Lipinski definition) is 1. The molecule has 3 rings (SSSR count). The van der Waals surface area contributed by atoms with E-state index in [1.54, 1.807) is 7.11 Å². The summed E-state index contributed by atoms with van der Waals surface area (Å²) in [6.07, 6.45) is 1.68. The van der Waals surface area contributed by atoms with Gasteiger partial charge in [-0.25, -0.2) is 0 Å². The van der Waals surface area contributed by atoms with Crippen molar-refractivity contribution in [2.45, 2.75) is 6.42 Å². The van der Waals surface area contributed by atoms with Crippen LogP contribution in [0, 0.1) is 0 Å². The second-order valence-corrected chi connectivity index (χ2v) is 3.76. The van der Waals surface area contributed by atoms with Crippen LogP contribution in [0.3, 0.4) is 0 Å². The van der Waals surface area contributed by atoms with Crippen LogP contribution in [0.5, 0.6) is 11.5 Å². The SMILES string of the molecule is COc1c(C=O)[nH]c2c3c(ccc12)CCO3. The average molecular weight is 217 g/mol. The summed E-state index contributed by atoms with van der Waals surface area (Å²) in [5.74, 6) is 1.44. The molecule has 1 aromatic heterocycles. The molecular formula is C12H11NO3. The minimum Gasteiger partial charge on any atom is -0.494 e. The lowest BCUT2D eigenvalue weighted by molar-refractivity contribution is 0.111. The molecule has 0 fully saturated rings. The van der Waals surface area contributed by atoms with Gasteiger partial charge in [-0.2, -0.15) is 0 Å². The molecule has 0 spiro atoms. The highest BCUT2D eigenvalue weighted by atomic mass is 16.5. The number of H-pyrrole nitrogens is 1. The van der Waals surface area contributed by atoms with Gasteiger partial charge < -0.3 is 14.5 Å². The number of fused-ring (bicyclic) bond motifs is 3. The van der Waals surface area contributed by atoms with Crippen LogP contribution in [-0.2, 0) is 6.42 Å². The Bertz CT molecular complexity index is 571. The number of aldehydes is 1. The minimum atomic E-state index is 0.460. The molecule has 1 aliphatic rings. The molecule has 1 aromatic carbocycles. The molecule has 0 atom stereocenters. The van der Waals surface area contributed by atoms with Gasteiger partial charge in [0.15, 0.2) is 12.0 Å². The Morgan fingerprint density at radius 3 is 3.12 bits per heavy atom. The number of hydrogen-bond acceptors (Lipinski definition) is 3. The second kappa shape index (κ2) is 3.27. The molecule has 4 heteroatoms. The van der Waals surface area contributed by atoms with E-state index in [1.807, 2.05) is 12.1 Å². The number of aromatic nitrogens is 1. The first-order chi connectivity index (χ1) is 7.85. The van der Waals surface area contributed by atoms with Crippen LogP contribution in [0.4, 0.5) is 0 Å². The lowest BCUT2D eigenvalue weighted by atomic mass is 10.1. The molecule has 0 saturated carbocycles. The number of carbonyl (C=O) groups is 1. The Hall–Kier alpha value is -1.97. The van der Waals surface area contributed by atoms with Crippen molar-refractivity contribution in [3.8, 4) is 11.5 Å². The summed E-state index contributed by atoms with van der Waals surface area (Å²) in [5, 5.41) is 0.894. The van der Waals surface area contributed by atoms with Crippen LogP contribution in [-0.4, -0.2) is 25.0 Å². The van der Waals surface area contributed by atoms with Gasteiger partial charge in [-0.1, -0.05) is 6.07 Å². The summed E-state index contributed by atoms with van der Waals surface area (Å²) < 4.78 is 10.8. The number of carbonyl (C=O) groups excluding carboxylic acids is 1. The zero-order valence-electron chi connectivity index (χ0n) is 8.87. The Balaban J connectivity index is 2.38. The third kappa shape index (κ3) is 1.07. The van der Waals surface area contributed by atoms with E-state index in [-0.39, 0.29) is 0 Å². The molecule has 1 N–H and O–H groups in total. The predicted octanol–water partition coefficient (Wildman–Crippen LogP) is 1.92. The fraction of sp³-hybridized carbons (Fsp3) is 0.250. The summed E-state index contributed by atoms with van der Waals surface area (Å²) in [7, 11) is 1.56. The highest BCUT2D eigenvalue weighted by Gasteiger charge is 2.20. The Morgan fingerprint density at radius 2 is 2.38 bits per heavy atom. The second-order valence-electron chi connectivity index (χ2n) is 3.76. The van der Waals surface area contributed by atoms with E-state index in [0.29, 0.717) is 18.1 Å². The zero-order valence-corrected chi connectivity index (χ0v) is 8.87. The predicted molar refractivity (Wildman–Crippen MR) is 59.4 cm³/mol. The number of aromatic amines is 1. The van der Waals surface area contributed by atoms with Crippen molar-refractivity contribution in [1.82, 2.24) is 4.98 Å². The van der Waals surface area contributed by atoms with Gasteiger partial charge in [-0.15, -0.1) is 0 Å². The van der Waals surface area contributed by atoms with Gasteiger partial charge in [0.05, 0.1) is 19.2 Å². The van der Waals surface area contributed by atoms with Crippen LogP contribution < -0.4 is 9.47 Å². The Kier molecular flexibility index (Phi) is 1.89. The smallest absolute Gasteiger partial charge is 0.170 e. The molecule has 0 aliphatic carbocycles. The van der Waals surface area contributed by atoms with Gasteiger partial charge >= 0.3 is 0 Å². The third-order valence-electron chi connectivity index (χ3n) is 2.93. The van der Waals surface area contributed by atoms with Crippen LogP contribution in [0.2, 0.25) is 0 Å². The summed E-state index contributed by atoms with van der Waals surface area (Å²) in [5.41, 5.74) is 2.49. The van der Waals surface area contributed by atoms with Gasteiger partial charge in [0.1, 0.15) is 11.4 Å². The number of ether oxygens (including phenoxy) is 2. The van der Waals surface area contributed by atoms with Crippen molar-refractivity contribution >= 4 is 17.2 Å². The molecule has 82 valence electrons. The van der Waals surface area contributed by atoms with E-state index in [1.165, 1.54) is 5.56 Å². The first-order valence-corrected chi connectivity index (χ1v) is 5.14. The highest BCUT2D eigenvalue weighted by molar-refractivity contribution is 5.99. The molecule has 0 radical (unpaired) electrons. The summed E-state index contributed by atoms with van der Waals surface area (Å²) >= 11 is 0. The third-order valence-corrected chi connectivity index (χ3v) is 2.93. The minimum absolute atomic E-state index is 0.460. The number of rotatable bonds is 2. The first kappa shape index (κ1) is 9.27. The topological polar surface area (TPSA) is 51.3 Å². The summed E-state index contributed by atoms with van der Waals surface area (Å²) in [6, 6.07) is 3.99. The molecule has 2 heterocycles. The van der Waals surface area contributed by atoms with E-state index in [0.717, 1.165) is 29.4 Å². The van der Waals surface area contributed by atoms with E-state index in [4.69, 9.17) is 9.47 Å². The fourth-order valence-electron chi connectivity index (χ4n) is 2.20. The van der Waals surface area contributed by atoms with Gasteiger partial charge in [0, 0.05) is 11.8 Å². The van der Waals surface area contributed by atoms with Crippen molar-refractivity contribution in [3.05, 3.63) is 23.4 Å². The summed E-state index contributed by atoms with van der Waals surface area (Å²) in [6.45, 7) is 0.701. The Morgan fingerprint density at radius 1 is 1.50 bits per heavy atom. The Labute approximate surface area is 92.2 Å². The first-order valence-electron chi connectivity index (χ1n) is 5.14. The standard InChI is InChI=1S/C12H11NO3/c1-15-12-8-3-2-7-4-5-16-11(7)10(8)13-9(12)6-14/h2-3,6,13H,4-5H2,1H3. The van der Waals surface area contributed by atoms with Crippen LogP contribution in [0.15, 0.2) is 12.1 Å². The van der Waals surface area contributed by atoms with Crippen molar-refractivity contribution in [1.29, 1.82) is 0 Å². The summed E-state index contributed by atoms with van der Waals surface area (Å²) in [4.78, 5) is 14.0.